The fraction of sp³-hybridized carbons (Fsp3) is 0.643. The van der Waals surface area contributed by atoms with Crippen LogP contribution in [0.4, 0.5) is 11.8 Å². The van der Waals surface area contributed by atoms with Gasteiger partial charge in [-0.2, -0.15) is 9.97 Å². The summed E-state index contributed by atoms with van der Waals surface area (Å²) in [5.74, 6) is 0.772. The van der Waals surface area contributed by atoms with Gasteiger partial charge in [0.25, 0.3) is 0 Å². The molecule has 2 aliphatic rings. The first-order valence-electron chi connectivity index (χ1n) is 8.26. The van der Waals surface area contributed by atoms with Crippen LogP contribution < -0.4 is 11.1 Å². The van der Waals surface area contributed by atoms with Crippen LogP contribution in [0.15, 0.2) is 11.4 Å². The summed E-state index contributed by atoms with van der Waals surface area (Å²) in [6, 6.07) is -0.0531. The third kappa shape index (κ3) is 2.82. The topological polar surface area (TPSA) is 160 Å². The van der Waals surface area contributed by atoms with E-state index in [4.69, 9.17) is 16.0 Å². The molecule has 11 nitrogen and oxygen atoms in total. The number of nitrogen functional groups attached to an aromatic ring is 1. The number of aliphatic hydroxyl groups excluding tert-OH is 1. The Labute approximate surface area is 142 Å². The minimum atomic E-state index is -0.551. The van der Waals surface area contributed by atoms with E-state index in [1.807, 2.05) is 0 Å². The van der Waals surface area contributed by atoms with Crippen LogP contribution in [-0.2, 0) is 4.74 Å². The maximum Gasteiger partial charge on any atom is 0.224 e. The number of fused-ring (bicyclic) bond motifs is 1. The third-order valence-electron chi connectivity index (χ3n) is 4.78. The molecule has 0 radical (unpaired) electrons. The van der Waals surface area contributed by atoms with E-state index in [0.717, 1.165) is 12.8 Å². The summed E-state index contributed by atoms with van der Waals surface area (Å²) >= 11 is 0. The molecule has 1 aliphatic heterocycles. The Kier molecular flexibility index (Phi) is 4.04. The van der Waals surface area contributed by atoms with E-state index < -0.39 is 18.4 Å². The zero-order chi connectivity index (χ0) is 17.4. The van der Waals surface area contributed by atoms with E-state index in [1.165, 1.54) is 6.42 Å². The lowest BCUT2D eigenvalue weighted by Gasteiger charge is -2.26. The number of azide groups is 1. The molecule has 3 heterocycles. The zero-order valence-electron chi connectivity index (χ0n) is 13.5. The Balaban J connectivity index is 1.67. The lowest BCUT2D eigenvalue weighted by Crippen LogP contribution is -2.27. The van der Waals surface area contributed by atoms with Crippen LogP contribution >= 0.6 is 0 Å². The second-order valence-electron chi connectivity index (χ2n) is 6.35. The quantitative estimate of drug-likeness (QED) is 0.418. The average Bonchev–Trinajstić information content (AvgIpc) is 3.14. The highest BCUT2D eigenvalue weighted by Crippen LogP contribution is 2.34. The number of nitrogens with two attached hydrogens (primary N) is 1. The molecule has 2 aromatic heterocycles. The van der Waals surface area contributed by atoms with E-state index in [9.17, 15) is 5.11 Å². The van der Waals surface area contributed by atoms with Gasteiger partial charge in [0.1, 0.15) is 6.23 Å². The molecule has 1 aliphatic carbocycles. The summed E-state index contributed by atoms with van der Waals surface area (Å²) < 4.78 is 7.55. The second kappa shape index (κ2) is 6.36. The molecule has 0 unspecified atom stereocenters. The number of hydrogen-bond acceptors (Lipinski definition) is 8. The fourth-order valence-corrected chi connectivity index (χ4v) is 3.23. The van der Waals surface area contributed by atoms with Gasteiger partial charge in [-0.3, -0.25) is 4.57 Å². The highest BCUT2D eigenvalue weighted by Gasteiger charge is 2.36. The summed E-state index contributed by atoms with van der Waals surface area (Å²) in [5, 5.41) is 16.5. The SMILES string of the molecule is [N-]=[N+]=N[C@H]1C[C@H](n2cnc3c(NC4CCC4)nc(N)nc32)O[C@@H]1CO. The molecule has 3 atom stereocenters. The Bertz CT molecular complexity index is 827. The Morgan fingerprint density at radius 3 is 3.00 bits per heavy atom. The number of rotatable bonds is 5. The molecule has 1 saturated carbocycles. The van der Waals surface area contributed by atoms with Gasteiger partial charge >= 0.3 is 0 Å². The van der Waals surface area contributed by atoms with Crippen molar-refractivity contribution in [1.29, 1.82) is 0 Å². The van der Waals surface area contributed by atoms with E-state index in [1.54, 1.807) is 10.9 Å². The van der Waals surface area contributed by atoms with Crippen molar-refractivity contribution >= 4 is 22.9 Å². The van der Waals surface area contributed by atoms with Gasteiger partial charge in [0.2, 0.25) is 5.95 Å². The van der Waals surface area contributed by atoms with E-state index in [-0.39, 0.29) is 12.6 Å². The van der Waals surface area contributed by atoms with Crippen molar-refractivity contribution in [2.45, 2.75) is 50.1 Å². The van der Waals surface area contributed by atoms with Gasteiger partial charge in [-0.15, -0.1) is 0 Å². The zero-order valence-corrected chi connectivity index (χ0v) is 13.5. The Morgan fingerprint density at radius 1 is 1.48 bits per heavy atom. The number of anilines is 2. The molecule has 0 spiro atoms. The van der Waals surface area contributed by atoms with Gasteiger partial charge in [-0.1, -0.05) is 5.11 Å². The molecule has 0 amide bonds. The third-order valence-corrected chi connectivity index (χ3v) is 4.78. The van der Waals surface area contributed by atoms with E-state index in [2.05, 4.69) is 30.3 Å². The first-order valence-corrected chi connectivity index (χ1v) is 8.26. The highest BCUT2D eigenvalue weighted by molar-refractivity contribution is 5.84. The first-order chi connectivity index (χ1) is 12.2. The molecular formula is C14H19N9O2. The second-order valence-corrected chi connectivity index (χ2v) is 6.35. The molecule has 4 N–H and O–H groups in total. The summed E-state index contributed by atoms with van der Waals surface area (Å²) in [6.07, 6.45) is 4.45. The van der Waals surface area contributed by atoms with Crippen molar-refractivity contribution in [2.75, 3.05) is 17.7 Å². The summed E-state index contributed by atoms with van der Waals surface area (Å²) in [6.45, 7) is -0.224. The van der Waals surface area contributed by atoms with Crippen molar-refractivity contribution in [1.82, 2.24) is 19.5 Å². The van der Waals surface area contributed by atoms with Gasteiger partial charge in [-0.05, 0) is 24.8 Å². The number of nitrogens with zero attached hydrogens (tertiary/aromatic N) is 7. The normalized spacial score (nSPS) is 26.4. The largest absolute Gasteiger partial charge is 0.394 e. The molecule has 0 aromatic carbocycles. The number of imidazole rings is 1. The molecule has 132 valence electrons. The number of aliphatic hydroxyl groups is 1. The minimum absolute atomic E-state index is 0.152. The molecule has 2 fully saturated rings. The molecule has 25 heavy (non-hydrogen) atoms. The van der Waals surface area contributed by atoms with Gasteiger partial charge in [0.05, 0.1) is 25.1 Å². The highest BCUT2D eigenvalue weighted by atomic mass is 16.5. The number of nitrogens with one attached hydrogen (secondary N) is 1. The van der Waals surface area contributed by atoms with Crippen LogP contribution in [0.5, 0.6) is 0 Å². The first kappa shape index (κ1) is 15.9. The van der Waals surface area contributed by atoms with Crippen molar-refractivity contribution in [3.05, 3.63) is 16.8 Å². The van der Waals surface area contributed by atoms with Crippen LogP contribution in [0.2, 0.25) is 0 Å². The lowest BCUT2D eigenvalue weighted by molar-refractivity contribution is -0.0232. The van der Waals surface area contributed by atoms with Gasteiger partial charge < -0.3 is 20.9 Å². The van der Waals surface area contributed by atoms with Gasteiger partial charge in [0.15, 0.2) is 17.0 Å². The molecule has 0 bridgehead atoms. The average molecular weight is 345 g/mol. The molecule has 4 rings (SSSR count). The molecule has 11 heteroatoms. The van der Waals surface area contributed by atoms with Gasteiger partial charge in [-0.25, -0.2) is 4.98 Å². The molecular weight excluding hydrogens is 326 g/mol. The molecule has 2 aromatic rings. The predicted octanol–water partition coefficient (Wildman–Crippen LogP) is 1.33. The number of ether oxygens (including phenoxy) is 1. The summed E-state index contributed by atoms with van der Waals surface area (Å²) in [5.41, 5.74) is 15.7. The van der Waals surface area contributed by atoms with Crippen LogP contribution in [-0.4, -0.2) is 49.4 Å². The monoisotopic (exact) mass is 345 g/mol. The van der Waals surface area contributed by atoms with Gasteiger partial charge in [0, 0.05) is 17.4 Å². The van der Waals surface area contributed by atoms with Crippen molar-refractivity contribution in [3.8, 4) is 0 Å². The fourth-order valence-electron chi connectivity index (χ4n) is 3.23. The molecule has 1 saturated heterocycles. The number of hydrogen-bond donors (Lipinski definition) is 3. The van der Waals surface area contributed by atoms with Crippen molar-refractivity contribution < 1.29 is 9.84 Å². The summed E-state index contributed by atoms with van der Waals surface area (Å²) in [4.78, 5) is 15.8. The van der Waals surface area contributed by atoms with E-state index in [0.29, 0.717) is 29.4 Å². The maximum atomic E-state index is 9.42. The Hall–Kier alpha value is -2.62. The van der Waals surface area contributed by atoms with Crippen LogP contribution in [0, 0.1) is 0 Å². The number of aromatic nitrogens is 4. The summed E-state index contributed by atoms with van der Waals surface area (Å²) in [7, 11) is 0. The Morgan fingerprint density at radius 2 is 2.32 bits per heavy atom. The van der Waals surface area contributed by atoms with Crippen LogP contribution in [0.25, 0.3) is 21.6 Å². The van der Waals surface area contributed by atoms with Crippen LogP contribution in [0.3, 0.4) is 0 Å². The minimum Gasteiger partial charge on any atom is -0.394 e. The predicted molar refractivity (Wildman–Crippen MR) is 89.5 cm³/mol. The van der Waals surface area contributed by atoms with Crippen molar-refractivity contribution in [2.24, 2.45) is 5.11 Å². The standard InChI is InChI=1S/C14H19N9O2/c15-14-19-12(18-7-2-1-3-7)11-13(20-14)23(6-17-11)10-4-8(21-22-16)9(5-24)25-10/h6-10,24H,1-5H2,(H3,15,18,19,20)/t8-,9+,10+/m0/s1. The van der Waals surface area contributed by atoms with Crippen LogP contribution in [0.1, 0.15) is 31.9 Å². The smallest absolute Gasteiger partial charge is 0.224 e. The lowest BCUT2D eigenvalue weighted by atomic mass is 9.93. The maximum absolute atomic E-state index is 9.42. The van der Waals surface area contributed by atoms with Crippen molar-refractivity contribution in [3.63, 3.8) is 0 Å². The van der Waals surface area contributed by atoms with E-state index >= 15 is 0 Å².